The number of aromatic nitrogens is 2. The number of aromatic amines is 1. The second kappa shape index (κ2) is 5.50. The van der Waals surface area contributed by atoms with Crippen LogP contribution in [0.15, 0.2) is 24.4 Å². The van der Waals surface area contributed by atoms with Crippen LogP contribution >= 0.6 is 0 Å². The maximum atomic E-state index is 11.4. The Kier molecular flexibility index (Phi) is 3.56. The van der Waals surface area contributed by atoms with Crippen molar-refractivity contribution in [2.75, 3.05) is 19.7 Å². The van der Waals surface area contributed by atoms with E-state index >= 15 is 0 Å². The van der Waals surface area contributed by atoms with E-state index in [1.807, 2.05) is 18.3 Å². The van der Waals surface area contributed by atoms with Gasteiger partial charge in [0.1, 0.15) is 6.61 Å². The van der Waals surface area contributed by atoms with Gasteiger partial charge >= 0.3 is 6.09 Å². The fraction of sp³-hybridized carbons (Fsp3) is 0.429. The Hall–Kier alpha value is -2.08. The number of cyclic esters (lactones) is 1. The van der Waals surface area contributed by atoms with Gasteiger partial charge in [0, 0.05) is 24.5 Å². The van der Waals surface area contributed by atoms with Gasteiger partial charge in [-0.05, 0) is 12.5 Å². The number of hydrogen-bond donors (Lipinski definition) is 2. The first-order valence-electron chi connectivity index (χ1n) is 6.80. The largest absolute Gasteiger partial charge is 0.448 e. The summed E-state index contributed by atoms with van der Waals surface area (Å²) in [5.74, 6) is 0. The van der Waals surface area contributed by atoms with Crippen molar-refractivity contribution in [3.8, 4) is 0 Å². The molecule has 6 nitrogen and oxygen atoms in total. The summed E-state index contributed by atoms with van der Waals surface area (Å²) >= 11 is 0. The highest BCUT2D eigenvalue weighted by Gasteiger charge is 2.23. The van der Waals surface area contributed by atoms with Crippen LogP contribution in [0.3, 0.4) is 0 Å². The van der Waals surface area contributed by atoms with Crippen LogP contribution < -0.4 is 5.32 Å². The number of benzene rings is 1. The Morgan fingerprint density at radius 3 is 3.25 bits per heavy atom. The van der Waals surface area contributed by atoms with Gasteiger partial charge < -0.3 is 15.0 Å². The molecule has 2 N–H and O–H groups in total. The number of fused-ring (bicyclic) bond motifs is 1. The number of nitrogens with zero attached hydrogens (tertiary/aromatic N) is 2. The van der Waals surface area contributed by atoms with Gasteiger partial charge in [-0.2, -0.15) is 5.10 Å². The van der Waals surface area contributed by atoms with Crippen LogP contribution in [0.25, 0.3) is 10.9 Å². The maximum Gasteiger partial charge on any atom is 0.409 e. The van der Waals surface area contributed by atoms with Crippen LogP contribution in [0.4, 0.5) is 4.79 Å². The van der Waals surface area contributed by atoms with E-state index in [1.54, 1.807) is 4.90 Å². The van der Waals surface area contributed by atoms with Crippen molar-refractivity contribution in [3.63, 3.8) is 0 Å². The lowest BCUT2D eigenvalue weighted by atomic mass is 10.1. The summed E-state index contributed by atoms with van der Waals surface area (Å²) in [5.41, 5.74) is 2.24. The molecule has 1 aromatic carbocycles. The molecule has 1 fully saturated rings. The van der Waals surface area contributed by atoms with Crippen molar-refractivity contribution in [2.24, 2.45) is 0 Å². The molecule has 0 radical (unpaired) electrons. The van der Waals surface area contributed by atoms with Crippen molar-refractivity contribution in [1.29, 1.82) is 0 Å². The van der Waals surface area contributed by atoms with E-state index in [2.05, 4.69) is 28.5 Å². The highest BCUT2D eigenvalue weighted by atomic mass is 16.6. The average Bonchev–Trinajstić information content (AvgIpc) is 3.06. The van der Waals surface area contributed by atoms with Crippen molar-refractivity contribution in [1.82, 2.24) is 20.4 Å². The Morgan fingerprint density at radius 2 is 2.45 bits per heavy atom. The summed E-state index contributed by atoms with van der Waals surface area (Å²) in [6, 6.07) is 6.34. The first-order valence-corrected chi connectivity index (χ1v) is 6.80. The van der Waals surface area contributed by atoms with Crippen LogP contribution in [0.1, 0.15) is 12.5 Å². The van der Waals surface area contributed by atoms with Gasteiger partial charge in [0.2, 0.25) is 0 Å². The molecule has 6 heteroatoms. The van der Waals surface area contributed by atoms with Crippen LogP contribution in [0.5, 0.6) is 0 Å². The van der Waals surface area contributed by atoms with E-state index in [4.69, 9.17) is 4.74 Å². The van der Waals surface area contributed by atoms with E-state index < -0.39 is 0 Å². The smallest absolute Gasteiger partial charge is 0.409 e. The number of hydrogen-bond acceptors (Lipinski definition) is 4. The first kappa shape index (κ1) is 12.9. The van der Waals surface area contributed by atoms with Crippen molar-refractivity contribution in [2.45, 2.75) is 19.5 Å². The van der Waals surface area contributed by atoms with E-state index in [-0.39, 0.29) is 12.1 Å². The molecule has 0 spiro atoms. The van der Waals surface area contributed by atoms with Crippen LogP contribution in [-0.4, -0.2) is 46.9 Å². The molecular formula is C14H18N4O2. The topological polar surface area (TPSA) is 70.2 Å². The Morgan fingerprint density at radius 1 is 1.55 bits per heavy atom. The molecule has 2 aromatic rings. The highest BCUT2D eigenvalue weighted by Crippen LogP contribution is 2.15. The lowest BCUT2D eigenvalue weighted by molar-refractivity contribution is 0.156. The molecule has 106 valence electrons. The van der Waals surface area contributed by atoms with Gasteiger partial charge in [0.15, 0.2) is 0 Å². The predicted octanol–water partition coefficient (Wildman–Crippen LogP) is 1.49. The number of amides is 1. The molecular weight excluding hydrogens is 256 g/mol. The summed E-state index contributed by atoms with van der Waals surface area (Å²) in [6.45, 7) is 4.65. The van der Waals surface area contributed by atoms with E-state index in [0.29, 0.717) is 19.7 Å². The molecule has 3 rings (SSSR count). The standard InChI is InChI=1S/C14H18N4O2/c1-10(9-18-5-6-20-14(18)19)15-7-11-3-2-4-12-8-16-17-13(11)12/h2-4,8,10,15H,5-7,9H2,1H3,(H,16,17)/t10-/m1/s1. The molecule has 20 heavy (non-hydrogen) atoms. The van der Waals surface area contributed by atoms with Crippen LogP contribution in [-0.2, 0) is 11.3 Å². The normalized spacial score (nSPS) is 16.6. The van der Waals surface area contributed by atoms with Gasteiger partial charge in [-0.1, -0.05) is 18.2 Å². The fourth-order valence-corrected chi connectivity index (χ4v) is 2.45. The molecule has 1 amide bonds. The lowest BCUT2D eigenvalue weighted by Crippen LogP contribution is -2.39. The number of carbonyl (C=O) groups excluding carboxylic acids is 1. The first-order chi connectivity index (χ1) is 9.74. The molecule has 0 unspecified atom stereocenters. The average molecular weight is 274 g/mol. The van der Waals surface area contributed by atoms with Crippen molar-refractivity contribution < 1.29 is 9.53 Å². The number of carbonyl (C=O) groups is 1. The third-order valence-electron chi connectivity index (χ3n) is 3.54. The van der Waals surface area contributed by atoms with Gasteiger partial charge in [0.25, 0.3) is 0 Å². The zero-order valence-corrected chi connectivity index (χ0v) is 11.4. The molecule has 1 aliphatic heterocycles. The second-order valence-electron chi connectivity index (χ2n) is 5.09. The van der Waals surface area contributed by atoms with Gasteiger partial charge in [-0.25, -0.2) is 4.79 Å². The molecule has 1 aliphatic rings. The second-order valence-corrected chi connectivity index (χ2v) is 5.09. The number of para-hydroxylation sites is 1. The number of ether oxygens (including phenoxy) is 1. The monoisotopic (exact) mass is 274 g/mol. The molecule has 2 heterocycles. The molecule has 0 aliphatic carbocycles. The number of rotatable bonds is 5. The Balaban J connectivity index is 1.58. The number of nitrogens with one attached hydrogen (secondary N) is 2. The molecule has 0 saturated carbocycles. The van der Waals surface area contributed by atoms with E-state index in [1.165, 1.54) is 5.56 Å². The van der Waals surface area contributed by atoms with Crippen molar-refractivity contribution in [3.05, 3.63) is 30.0 Å². The van der Waals surface area contributed by atoms with Gasteiger partial charge in [-0.3, -0.25) is 5.10 Å². The molecule has 0 bridgehead atoms. The summed E-state index contributed by atoms with van der Waals surface area (Å²) in [5, 5.41) is 11.6. The lowest BCUT2D eigenvalue weighted by Gasteiger charge is -2.19. The zero-order valence-electron chi connectivity index (χ0n) is 11.4. The van der Waals surface area contributed by atoms with Gasteiger partial charge in [0.05, 0.1) is 18.3 Å². The third kappa shape index (κ3) is 2.60. The third-order valence-corrected chi connectivity index (χ3v) is 3.54. The Bertz CT molecular complexity index is 610. The minimum atomic E-state index is -0.214. The molecule has 1 atom stereocenters. The molecule has 1 saturated heterocycles. The quantitative estimate of drug-likeness (QED) is 0.866. The van der Waals surface area contributed by atoms with Crippen molar-refractivity contribution >= 4 is 17.0 Å². The summed E-state index contributed by atoms with van der Waals surface area (Å²) in [7, 11) is 0. The van der Waals surface area contributed by atoms with Gasteiger partial charge in [-0.15, -0.1) is 0 Å². The summed E-state index contributed by atoms with van der Waals surface area (Å²) < 4.78 is 4.92. The number of H-pyrrole nitrogens is 1. The zero-order chi connectivity index (χ0) is 13.9. The van der Waals surface area contributed by atoms with E-state index in [0.717, 1.165) is 17.4 Å². The minimum Gasteiger partial charge on any atom is -0.448 e. The maximum absolute atomic E-state index is 11.4. The highest BCUT2D eigenvalue weighted by molar-refractivity contribution is 5.81. The summed E-state index contributed by atoms with van der Waals surface area (Å²) in [6.07, 6.45) is 1.61. The van der Waals surface area contributed by atoms with E-state index in [9.17, 15) is 4.79 Å². The molecule has 1 aromatic heterocycles. The minimum absolute atomic E-state index is 0.207. The van der Waals surface area contributed by atoms with Crippen LogP contribution in [0, 0.1) is 0 Å². The van der Waals surface area contributed by atoms with Crippen LogP contribution in [0.2, 0.25) is 0 Å². The fourth-order valence-electron chi connectivity index (χ4n) is 2.45. The Labute approximate surface area is 117 Å². The summed E-state index contributed by atoms with van der Waals surface area (Å²) in [4.78, 5) is 13.1. The predicted molar refractivity (Wildman–Crippen MR) is 75.3 cm³/mol. The SMILES string of the molecule is C[C@H](CN1CCOC1=O)NCc1cccc2cn[nH]c12.